The van der Waals surface area contributed by atoms with Gasteiger partial charge in [0.1, 0.15) is 12.9 Å². The smallest absolute Gasteiger partial charge is 0.337 e. The summed E-state index contributed by atoms with van der Waals surface area (Å²) in [6.45, 7) is 0.292. The molecule has 0 spiro atoms. The van der Waals surface area contributed by atoms with Gasteiger partial charge in [0.25, 0.3) is 0 Å². The highest BCUT2D eigenvalue weighted by atomic mass is 16.5. The average Bonchev–Trinajstić information content (AvgIpc) is 2.59. The summed E-state index contributed by atoms with van der Waals surface area (Å²) in [6, 6.07) is 11.9. The first-order chi connectivity index (χ1) is 10.7. The van der Waals surface area contributed by atoms with Crippen LogP contribution in [-0.2, 0) is 11.3 Å². The molecule has 0 N–H and O–H groups in total. The van der Waals surface area contributed by atoms with Crippen LogP contribution in [0.25, 0.3) is 0 Å². The van der Waals surface area contributed by atoms with Crippen LogP contribution < -0.4 is 9.47 Å². The Labute approximate surface area is 128 Å². The topological polar surface area (TPSA) is 61.8 Å². The molecule has 0 radical (unpaired) electrons. The molecule has 2 aromatic carbocycles. The molecule has 0 atom stereocenters. The minimum Gasteiger partial charge on any atom is -0.493 e. The van der Waals surface area contributed by atoms with E-state index in [0.29, 0.717) is 29.2 Å². The fourth-order valence-corrected chi connectivity index (χ4v) is 1.90. The zero-order valence-corrected chi connectivity index (χ0v) is 12.4. The molecule has 0 aliphatic heterocycles. The molecule has 0 amide bonds. The standard InChI is InChI=1S/C17H16O5/c1-20-15-8-5-13(10-18)9-16(15)22-11-12-3-6-14(7-4-12)17(19)21-2/h3-10H,11H2,1-2H3. The lowest BCUT2D eigenvalue weighted by Crippen LogP contribution is -2.02. The lowest BCUT2D eigenvalue weighted by molar-refractivity contribution is 0.0600. The fraction of sp³-hybridized carbons (Fsp3) is 0.176. The summed E-state index contributed by atoms with van der Waals surface area (Å²) < 4.78 is 15.5. The van der Waals surface area contributed by atoms with E-state index >= 15 is 0 Å². The molecule has 2 aromatic rings. The Kier molecular flexibility index (Phi) is 5.14. The third kappa shape index (κ3) is 3.63. The largest absolute Gasteiger partial charge is 0.493 e. The summed E-state index contributed by atoms with van der Waals surface area (Å²) in [4.78, 5) is 22.2. The van der Waals surface area contributed by atoms with Crippen molar-refractivity contribution in [1.82, 2.24) is 0 Å². The number of hydrogen-bond donors (Lipinski definition) is 0. The second kappa shape index (κ2) is 7.26. The van der Waals surface area contributed by atoms with Gasteiger partial charge < -0.3 is 14.2 Å². The highest BCUT2D eigenvalue weighted by Crippen LogP contribution is 2.28. The van der Waals surface area contributed by atoms with E-state index in [2.05, 4.69) is 4.74 Å². The number of methoxy groups -OCH3 is 2. The SMILES string of the molecule is COC(=O)c1ccc(COc2cc(C=O)ccc2OC)cc1. The number of hydrogen-bond acceptors (Lipinski definition) is 5. The van der Waals surface area contributed by atoms with Crippen LogP contribution in [0.5, 0.6) is 11.5 Å². The quantitative estimate of drug-likeness (QED) is 0.606. The normalized spacial score (nSPS) is 9.91. The van der Waals surface area contributed by atoms with Gasteiger partial charge in [-0.15, -0.1) is 0 Å². The van der Waals surface area contributed by atoms with Crippen molar-refractivity contribution in [3.8, 4) is 11.5 Å². The summed E-state index contributed by atoms with van der Waals surface area (Å²) >= 11 is 0. The number of aldehydes is 1. The first-order valence-corrected chi connectivity index (χ1v) is 6.61. The van der Waals surface area contributed by atoms with E-state index in [1.54, 1.807) is 42.5 Å². The molecule has 114 valence electrons. The van der Waals surface area contributed by atoms with E-state index in [4.69, 9.17) is 9.47 Å². The van der Waals surface area contributed by atoms with Crippen LogP contribution in [0.2, 0.25) is 0 Å². The van der Waals surface area contributed by atoms with Crippen molar-refractivity contribution in [2.45, 2.75) is 6.61 Å². The Hall–Kier alpha value is -2.82. The van der Waals surface area contributed by atoms with Crippen molar-refractivity contribution in [3.63, 3.8) is 0 Å². The van der Waals surface area contributed by atoms with Crippen LogP contribution >= 0.6 is 0 Å². The molecule has 22 heavy (non-hydrogen) atoms. The van der Waals surface area contributed by atoms with Crippen LogP contribution in [0, 0.1) is 0 Å². The second-order valence-electron chi connectivity index (χ2n) is 4.51. The molecule has 5 heteroatoms. The van der Waals surface area contributed by atoms with Crippen molar-refractivity contribution in [2.75, 3.05) is 14.2 Å². The third-order valence-corrected chi connectivity index (χ3v) is 3.09. The Morgan fingerprint density at radius 2 is 1.77 bits per heavy atom. The van der Waals surface area contributed by atoms with Crippen LogP contribution in [0.3, 0.4) is 0 Å². The molecular weight excluding hydrogens is 284 g/mol. The summed E-state index contributed by atoms with van der Waals surface area (Å²) in [7, 11) is 2.87. The Morgan fingerprint density at radius 3 is 2.36 bits per heavy atom. The number of benzene rings is 2. The van der Waals surface area contributed by atoms with Crippen molar-refractivity contribution in [3.05, 3.63) is 59.2 Å². The molecule has 0 saturated carbocycles. The molecule has 0 heterocycles. The molecule has 0 aliphatic carbocycles. The Morgan fingerprint density at radius 1 is 1.05 bits per heavy atom. The molecular formula is C17H16O5. The highest BCUT2D eigenvalue weighted by Gasteiger charge is 2.07. The van der Waals surface area contributed by atoms with E-state index in [1.807, 2.05) is 0 Å². The van der Waals surface area contributed by atoms with Gasteiger partial charge in [-0.25, -0.2) is 4.79 Å². The molecule has 2 rings (SSSR count). The second-order valence-corrected chi connectivity index (χ2v) is 4.51. The van der Waals surface area contributed by atoms with E-state index in [1.165, 1.54) is 14.2 Å². The minimum atomic E-state index is -0.382. The maximum absolute atomic E-state index is 11.4. The fourth-order valence-electron chi connectivity index (χ4n) is 1.90. The van der Waals surface area contributed by atoms with E-state index in [0.717, 1.165) is 11.8 Å². The van der Waals surface area contributed by atoms with E-state index in [9.17, 15) is 9.59 Å². The zero-order valence-electron chi connectivity index (χ0n) is 12.4. The molecule has 0 saturated heterocycles. The van der Waals surface area contributed by atoms with Crippen LogP contribution in [0.15, 0.2) is 42.5 Å². The van der Waals surface area contributed by atoms with Crippen molar-refractivity contribution in [2.24, 2.45) is 0 Å². The van der Waals surface area contributed by atoms with Crippen LogP contribution in [-0.4, -0.2) is 26.5 Å². The van der Waals surface area contributed by atoms with Gasteiger partial charge in [-0.1, -0.05) is 12.1 Å². The van der Waals surface area contributed by atoms with Gasteiger partial charge in [-0.05, 0) is 35.9 Å². The first-order valence-electron chi connectivity index (χ1n) is 6.61. The molecule has 0 fully saturated rings. The summed E-state index contributed by atoms with van der Waals surface area (Å²) in [5.41, 5.74) is 1.87. The molecule has 0 aromatic heterocycles. The van der Waals surface area contributed by atoms with Crippen LogP contribution in [0.1, 0.15) is 26.3 Å². The zero-order chi connectivity index (χ0) is 15.9. The minimum absolute atomic E-state index is 0.292. The predicted octanol–water partition coefficient (Wildman–Crippen LogP) is 2.87. The lowest BCUT2D eigenvalue weighted by Gasteiger charge is -2.11. The number of carbonyl (C=O) groups is 2. The van der Waals surface area contributed by atoms with Gasteiger partial charge in [0, 0.05) is 5.56 Å². The monoisotopic (exact) mass is 300 g/mol. The van der Waals surface area contributed by atoms with Crippen molar-refractivity contribution < 1.29 is 23.8 Å². The van der Waals surface area contributed by atoms with Crippen molar-refractivity contribution in [1.29, 1.82) is 0 Å². The summed E-state index contributed by atoms with van der Waals surface area (Å²) in [5.74, 6) is 0.661. The number of esters is 1. The van der Waals surface area contributed by atoms with Gasteiger partial charge >= 0.3 is 5.97 Å². The van der Waals surface area contributed by atoms with Gasteiger partial charge in [-0.3, -0.25) is 4.79 Å². The average molecular weight is 300 g/mol. The predicted molar refractivity (Wildman–Crippen MR) is 80.5 cm³/mol. The van der Waals surface area contributed by atoms with Gasteiger partial charge in [0.05, 0.1) is 19.8 Å². The third-order valence-electron chi connectivity index (χ3n) is 3.09. The first kappa shape index (κ1) is 15.6. The lowest BCUT2D eigenvalue weighted by atomic mass is 10.1. The van der Waals surface area contributed by atoms with Crippen LogP contribution in [0.4, 0.5) is 0 Å². The van der Waals surface area contributed by atoms with Gasteiger partial charge in [0.2, 0.25) is 0 Å². The maximum Gasteiger partial charge on any atom is 0.337 e. The maximum atomic E-state index is 11.4. The highest BCUT2D eigenvalue weighted by molar-refractivity contribution is 5.89. The summed E-state index contributed by atoms with van der Waals surface area (Å²) in [5, 5.41) is 0. The van der Waals surface area contributed by atoms with E-state index < -0.39 is 0 Å². The number of rotatable bonds is 6. The number of ether oxygens (including phenoxy) is 3. The number of carbonyl (C=O) groups excluding carboxylic acids is 2. The van der Waals surface area contributed by atoms with E-state index in [-0.39, 0.29) is 5.97 Å². The Bertz CT molecular complexity index is 661. The van der Waals surface area contributed by atoms with Crippen molar-refractivity contribution >= 4 is 12.3 Å². The van der Waals surface area contributed by atoms with Gasteiger partial charge in [-0.2, -0.15) is 0 Å². The van der Waals surface area contributed by atoms with Gasteiger partial charge in [0.15, 0.2) is 11.5 Å². The molecule has 0 aliphatic rings. The molecule has 0 bridgehead atoms. The summed E-state index contributed by atoms with van der Waals surface area (Å²) in [6.07, 6.45) is 0.747. The molecule has 0 unspecified atom stereocenters. The Balaban J connectivity index is 2.09. The molecule has 5 nitrogen and oxygen atoms in total.